The highest BCUT2D eigenvalue weighted by Crippen LogP contribution is 2.34. The third-order valence-electron chi connectivity index (χ3n) is 9.79. The molecule has 3 aliphatic rings. The Bertz CT molecular complexity index is 1880. The Balaban J connectivity index is 1.20. The normalized spacial score (nSPS) is 16.8. The number of likely N-dealkylation sites (N-methyl/N-ethyl adjacent to an activating group) is 1. The predicted octanol–water partition coefficient (Wildman–Crippen LogP) is 6.48. The van der Waals surface area contributed by atoms with Crippen LogP contribution >= 0.6 is 0 Å². The number of nitrogens with zero attached hydrogens (tertiary/aromatic N) is 3. The number of nitrogens with one attached hydrogen (secondary N) is 1. The van der Waals surface area contributed by atoms with Crippen molar-refractivity contribution >= 4 is 17.4 Å². The number of hydrogen-bond acceptors (Lipinski definition) is 6. The first kappa shape index (κ1) is 32.9. The van der Waals surface area contributed by atoms with Crippen molar-refractivity contribution in [2.75, 3.05) is 51.3 Å². The molecule has 254 valence electrons. The number of fused-ring (bicyclic) bond motifs is 1. The first-order valence-corrected chi connectivity index (χ1v) is 16.8. The maximum atomic E-state index is 14.4. The predicted molar refractivity (Wildman–Crippen MR) is 184 cm³/mol. The number of aromatic hydroxyl groups is 1. The summed E-state index contributed by atoms with van der Waals surface area (Å²) < 4.78 is 48.3. The van der Waals surface area contributed by atoms with Crippen molar-refractivity contribution in [2.45, 2.75) is 32.2 Å². The molecule has 0 bridgehead atoms. The van der Waals surface area contributed by atoms with E-state index in [1.165, 1.54) is 24.3 Å². The lowest BCUT2D eigenvalue weighted by Gasteiger charge is -2.34. The summed E-state index contributed by atoms with van der Waals surface area (Å²) in [7, 11) is 2.13. The molecular formula is C39H39F3N4O3. The summed E-state index contributed by atoms with van der Waals surface area (Å²) in [6.07, 6.45) is 2.79. The van der Waals surface area contributed by atoms with E-state index >= 15 is 0 Å². The zero-order valence-electron chi connectivity index (χ0n) is 27.4. The maximum absolute atomic E-state index is 14.4. The lowest BCUT2D eigenvalue weighted by Crippen LogP contribution is -2.44. The van der Waals surface area contributed by atoms with Crippen molar-refractivity contribution in [3.05, 3.63) is 118 Å². The van der Waals surface area contributed by atoms with Crippen LogP contribution in [0, 0.1) is 23.4 Å². The summed E-state index contributed by atoms with van der Waals surface area (Å²) in [5.41, 5.74) is 6.23. The van der Waals surface area contributed by atoms with Gasteiger partial charge < -0.3 is 25.0 Å². The number of phenolic OH excluding ortho intramolecular Hbond substituents is 1. The Labute approximate surface area is 284 Å². The van der Waals surface area contributed by atoms with E-state index < -0.39 is 17.5 Å². The number of benzene rings is 4. The number of halogens is 3. The molecule has 1 amide bonds. The number of hydrogen-bond donors (Lipinski definition) is 2. The number of amidine groups is 1. The standard InChI is InChI=1S/C39H39F3N4O3/c1-45-6-8-46(9-7-45)33-2-3-35(26(17-33)12-24-4-10-49-11-5-24)39(48)44-38-37-19-27(13-25-14-30(40)21-31(41)15-25)36(20-29(37)23-43-38)28-16-32(42)22-34(47)18-28/h2-3,14-22,24,47H,4-13,23H2,1H3,(H,43,44,48). The first-order chi connectivity index (χ1) is 23.7. The highest BCUT2D eigenvalue weighted by atomic mass is 19.1. The van der Waals surface area contributed by atoms with Crippen LogP contribution in [-0.4, -0.2) is 68.2 Å². The van der Waals surface area contributed by atoms with Crippen LogP contribution in [0.1, 0.15) is 51.0 Å². The van der Waals surface area contributed by atoms with Crippen molar-refractivity contribution < 1.29 is 27.8 Å². The van der Waals surface area contributed by atoms with E-state index in [2.05, 4.69) is 33.2 Å². The Morgan fingerprint density at radius 1 is 0.878 bits per heavy atom. The van der Waals surface area contributed by atoms with Crippen LogP contribution in [0.4, 0.5) is 18.9 Å². The fourth-order valence-electron chi connectivity index (χ4n) is 7.14. The molecule has 0 atom stereocenters. The SMILES string of the molecule is CN1CCN(c2ccc(C(=O)NC3=NCc4cc(-c5cc(O)cc(F)c5)c(Cc5cc(F)cc(F)c5)cc43)c(CC3CCOCC3)c2)CC1. The lowest BCUT2D eigenvalue weighted by atomic mass is 9.89. The van der Waals surface area contributed by atoms with E-state index in [4.69, 9.17) is 4.74 Å². The average molecular weight is 669 g/mol. The third-order valence-corrected chi connectivity index (χ3v) is 9.79. The van der Waals surface area contributed by atoms with Gasteiger partial charge in [-0.05, 0) is 127 Å². The minimum Gasteiger partial charge on any atom is -0.508 e. The minimum atomic E-state index is -0.703. The van der Waals surface area contributed by atoms with Gasteiger partial charge in [-0.1, -0.05) is 0 Å². The average Bonchev–Trinajstić information content (AvgIpc) is 3.45. The number of phenols is 1. The van der Waals surface area contributed by atoms with Gasteiger partial charge in [0, 0.05) is 68.3 Å². The van der Waals surface area contributed by atoms with Crippen LogP contribution < -0.4 is 10.2 Å². The second-order valence-corrected chi connectivity index (χ2v) is 13.3. The Morgan fingerprint density at radius 2 is 1.61 bits per heavy atom. The van der Waals surface area contributed by atoms with Crippen molar-refractivity contribution in [2.24, 2.45) is 10.9 Å². The van der Waals surface area contributed by atoms with Crippen molar-refractivity contribution in [3.63, 3.8) is 0 Å². The molecule has 0 saturated carbocycles. The number of anilines is 1. The van der Waals surface area contributed by atoms with Crippen LogP contribution in [0.15, 0.2) is 71.7 Å². The van der Waals surface area contributed by atoms with Gasteiger partial charge in [0.25, 0.3) is 5.91 Å². The molecule has 49 heavy (non-hydrogen) atoms. The zero-order valence-corrected chi connectivity index (χ0v) is 27.4. The largest absolute Gasteiger partial charge is 0.508 e. The van der Waals surface area contributed by atoms with E-state index in [0.717, 1.165) is 87.6 Å². The van der Waals surface area contributed by atoms with Crippen molar-refractivity contribution in [1.29, 1.82) is 0 Å². The summed E-state index contributed by atoms with van der Waals surface area (Å²) in [4.78, 5) is 23.4. The molecule has 2 fully saturated rings. The molecule has 0 unspecified atom stereocenters. The minimum absolute atomic E-state index is 0.124. The molecule has 0 spiro atoms. The van der Waals surface area contributed by atoms with Crippen LogP contribution in [0.3, 0.4) is 0 Å². The van der Waals surface area contributed by atoms with Crippen molar-refractivity contribution in [1.82, 2.24) is 10.2 Å². The van der Waals surface area contributed by atoms with E-state index in [-0.39, 0.29) is 24.6 Å². The van der Waals surface area contributed by atoms with Crippen LogP contribution in [0.5, 0.6) is 5.75 Å². The van der Waals surface area contributed by atoms with E-state index in [0.29, 0.717) is 45.1 Å². The van der Waals surface area contributed by atoms with Crippen LogP contribution in [-0.2, 0) is 24.1 Å². The highest BCUT2D eigenvalue weighted by Gasteiger charge is 2.25. The molecule has 3 heterocycles. The summed E-state index contributed by atoms with van der Waals surface area (Å²) in [6.45, 7) is 5.54. The quantitative estimate of drug-likeness (QED) is 0.236. The fraction of sp³-hybridized carbons (Fsp3) is 0.333. The van der Waals surface area contributed by atoms with Gasteiger partial charge in [0.15, 0.2) is 0 Å². The molecular weight excluding hydrogens is 629 g/mol. The van der Waals surface area contributed by atoms with Crippen LogP contribution in [0.2, 0.25) is 0 Å². The second-order valence-electron chi connectivity index (χ2n) is 13.3. The zero-order chi connectivity index (χ0) is 34.1. The summed E-state index contributed by atoms with van der Waals surface area (Å²) in [6, 6.07) is 16.9. The smallest absolute Gasteiger partial charge is 0.257 e. The molecule has 0 radical (unpaired) electrons. The maximum Gasteiger partial charge on any atom is 0.257 e. The lowest BCUT2D eigenvalue weighted by molar-refractivity contribution is 0.0664. The van der Waals surface area contributed by atoms with Gasteiger partial charge in [0.05, 0.1) is 6.54 Å². The van der Waals surface area contributed by atoms with Gasteiger partial charge in [0.2, 0.25) is 0 Å². The number of carbonyl (C=O) groups is 1. The number of carbonyl (C=O) groups excluding carboxylic acids is 1. The molecule has 2 saturated heterocycles. The molecule has 3 aliphatic heterocycles. The Hall–Kier alpha value is -4.67. The summed E-state index contributed by atoms with van der Waals surface area (Å²) in [5, 5.41) is 13.2. The molecule has 0 aliphatic carbocycles. The molecule has 7 nitrogen and oxygen atoms in total. The van der Waals surface area contributed by atoms with Crippen molar-refractivity contribution in [3.8, 4) is 16.9 Å². The summed E-state index contributed by atoms with van der Waals surface area (Å²) >= 11 is 0. The van der Waals surface area contributed by atoms with E-state index in [1.54, 1.807) is 0 Å². The number of ether oxygens (including phenoxy) is 1. The van der Waals surface area contributed by atoms with Gasteiger partial charge >= 0.3 is 0 Å². The molecule has 4 aromatic carbocycles. The third kappa shape index (κ3) is 7.50. The van der Waals surface area contributed by atoms with Gasteiger partial charge in [-0.15, -0.1) is 0 Å². The monoisotopic (exact) mass is 668 g/mol. The topological polar surface area (TPSA) is 77.4 Å². The molecule has 0 aromatic heterocycles. The highest BCUT2D eigenvalue weighted by molar-refractivity contribution is 6.15. The second kappa shape index (κ2) is 14.1. The molecule has 7 rings (SSSR count). The van der Waals surface area contributed by atoms with Gasteiger partial charge in [-0.25, -0.2) is 13.2 Å². The van der Waals surface area contributed by atoms with E-state index in [9.17, 15) is 23.1 Å². The molecule has 2 N–H and O–H groups in total. The number of piperazine rings is 1. The van der Waals surface area contributed by atoms with E-state index in [1.807, 2.05) is 24.3 Å². The molecule has 4 aromatic rings. The summed E-state index contributed by atoms with van der Waals surface area (Å²) in [5.74, 6) is -1.69. The fourth-order valence-corrected chi connectivity index (χ4v) is 7.14. The Kier molecular flexibility index (Phi) is 9.42. The number of amides is 1. The van der Waals surface area contributed by atoms with Gasteiger partial charge in [-0.2, -0.15) is 0 Å². The van der Waals surface area contributed by atoms with Gasteiger partial charge in [-0.3, -0.25) is 9.79 Å². The van der Waals surface area contributed by atoms with Crippen LogP contribution in [0.25, 0.3) is 11.1 Å². The Morgan fingerprint density at radius 3 is 2.35 bits per heavy atom. The van der Waals surface area contributed by atoms with Gasteiger partial charge in [0.1, 0.15) is 29.0 Å². The first-order valence-electron chi connectivity index (χ1n) is 16.8. The molecule has 10 heteroatoms. The number of rotatable bonds is 7. The number of aliphatic imine (C=N–C) groups is 1.